The van der Waals surface area contributed by atoms with Crippen molar-refractivity contribution in [2.24, 2.45) is 0 Å². The summed E-state index contributed by atoms with van der Waals surface area (Å²) in [6.07, 6.45) is 3.44. The van der Waals surface area contributed by atoms with Crippen molar-refractivity contribution in [2.75, 3.05) is 4.90 Å². The molecule has 174 valence electrons. The summed E-state index contributed by atoms with van der Waals surface area (Å²) < 4.78 is 0. The summed E-state index contributed by atoms with van der Waals surface area (Å²) >= 11 is 1.56. The first-order valence-electron chi connectivity index (χ1n) is 11.5. The van der Waals surface area contributed by atoms with Crippen molar-refractivity contribution < 1.29 is 9.59 Å². The van der Waals surface area contributed by atoms with E-state index in [2.05, 4.69) is 42.3 Å². The highest BCUT2D eigenvalue weighted by Crippen LogP contribution is 2.42. The molecule has 0 saturated heterocycles. The molecule has 0 saturated carbocycles. The number of nitrogens with zero attached hydrogens (tertiary/aromatic N) is 2. The topological polar surface area (TPSA) is 62.3 Å². The molecule has 0 radical (unpaired) electrons. The molecule has 2 amide bonds. The summed E-state index contributed by atoms with van der Waals surface area (Å²) in [6.45, 7) is 4.92. The lowest BCUT2D eigenvalue weighted by atomic mass is 10.0. The van der Waals surface area contributed by atoms with Crippen LogP contribution in [0.3, 0.4) is 0 Å². The van der Waals surface area contributed by atoms with E-state index in [0.29, 0.717) is 24.2 Å². The van der Waals surface area contributed by atoms with Gasteiger partial charge in [0.1, 0.15) is 0 Å². The summed E-state index contributed by atoms with van der Waals surface area (Å²) in [5.41, 5.74) is 6.20. The first kappa shape index (κ1) is 22.9. The average Bonchev–Trinajstić information content (AvgIpc) is 2.99. The summed E-state index contributed by atoms with van der Waals surface area (Å²) in [4.78, 5) is 34.6. The van der Waals surface area contributed by atoms with Crippen LogP contribution in [0.5, 0.6) is 0 Å². The van der Waals surface area contributed by atoms with Crippen LogP contribution in [0.2, 0.25) is 0 Å². The molecule has 0 unspecified atom stereocenters. The second-order valence-electron chi connectivity index (χ2n) is 8.65. The largest absolute Gasteiger partial charge is 0.348 e. The highest BCUT2D eigenvalue weighted by atomic mass is 32.2. The number of hydrogen-bond donors (Lipinski definition) is 1. The van der Waals surface area contributed by atoms with Gasteiger partial charge in [0.05, 0.1) is 17.8 Å². The molecule has 6 heteroatoms. The number of fused-ring (bicyclic) bond motifs is 2. The van der Waals surface area contributed by atoms with Gasteiger partial charge in [-0.2, -0.15) is 0 Å². The molecule has 0 aliphatic carbocycles. The first-order chi connectivity index (χ1) is 17.0. The Morgan fingerprint density at radius 2 is 1.83 bits per heavy atom. The van der Waals surface area contributed by atoms with Gasteiger partial charge in [-0.3, -0.25) is 14.6 Å². The third-order valence-corrected chi connectivity index (χ3v) is 7.24. The minimum Gasteiger partial charge on any atom is -0.348 e. The van der Waals surface area contributed by atoms with Crippen LogP contribution in [0.4, 0.5) is 5.69 Å². The van der Waals surface area contributed by atoms with Gasteiger partial charge in [0.2, 0.25) is 0 Å². The third-order valence-electron chi connectivity index (χ3n) is 6.10. The highest BCUT2D eigenvalue weighted by molar-refractivity contribution is 7.99. The highest BCUT2D eigenvalue weighted by Gasteiger charge is 2.28. The molecule has 5 rings (SSSR count). The Labute approximate surface area is 209 Å². The van der Waals surface area contributed by atoms with Crippen molar-refractivity contribution in [1.29, 1.82) is 0 Å². The van der Waals surface area contributed by atoms with E-state index >= 15 is 0 Å². The van der Waals surface area contributed by atoms with E-state index in [1.54, 1.807) is 29.1 Å². The summed E-state index contributed by atoms with van der Waals surface area (Å²) in [5, 5.41) is 2.96. The zero-order valence-electron chi connectivity index (χ0n) is 19.6. The van der Waals surface area contributed by atoms with Crippen LogP contribution in [0.15, 0.2) is 95.0 Å². The Kier molecular flexibility index (Phi) is 6.38. The third kappa shape index (κ3) is 4.84. The summed E-state index contributed by atoms with van der Waals surface area (Å²) in [7, 11) is 0. The van der Waals surface area contributed by atoms with Gasteiger partial charge in [-0.25, -0.2) is 0 Å². The van der Waals surface area contributed by atoms with E-state index in [4.69, 9.17) is 0 Å². The number of nitrogens with one attached hydrogen (secondary N) is 1. The lowest BCUT2D eigenvalue weighted by molar-refractivity contribution is 0.0947. The molecular formula is C29H25N3O2S. The fourth-order valence-corrected chi connectivity index (χ4v) is 5.21. The molecule has 1 aromatic heterocycles. The van der Waals surface area contributed by atoms with E-state index < -0.39 is 0 Å². The Morgan fingerprint density at radius 3 is 2.66 bits per heavy atom. The molecule has 4 aromatic rings. The van der Waals surface area contributed by atoms with Crippen LogP contribution < -0.4 is 10.2 Å². The van der Waals surface area contributed by atoms with Crippen molar-refractivity contribution in [2.45, 2.75) is 36.7 Å². The van der Waals surface area contributed by atoms with Gasteiger partial charge in [0, 0.05) is 34.3 Å². The molecule has 2 heterocycles. The maximum atomic E-state index is 13.8. The SMILES string of the molecule is Cc1ccc(C)c(CN2C(=O)c3ccccc3Sc3ccc(C(=O)NCc4cccnc4)cc32)c1. The van der Waals surface area contributed by atoms with Gasteiger partial charge in [0.15, 0.2) is 0 Å². The minimum atomic E-state index is -0.192. The molecule has 35 heavy (non-hydrogen) atoms. The van der Waals surface area contributed by atoms with Gasteiger partial charge in [-0.1, -0.05) is 53.7 Å². The molecular weight excluding hydrogens is 454 g/mol. The number of benzene rings is 3. The van der Waals surface area contributed by atoms with Crippen molar-refractivity contribution in [3.63, 3.8) is 0 Å². The fourth-order valence-electron chi connectivity index (χ4n) is 4.15. The molecule has 0 bridgehead atoms. The molecule has 0 fully saturated rings. The zero-order chi connectivity index (χ0) is 24.4. The van der Waals surface area contributed by atoms with Gasteiger partial charge < -0.3 is 10.2 Å². The van der Waals surface area contributed by atoms with E-state index in [9.17, 15) is 9.59 Å². The van der Waals surface area contributed by atoms with Crippen LogP contribution in [-0.4, -0.2) is 16.8 Å². The number of pyridine rings is 1. The fraction of sp³-hybridized carbons (Fsp3) is 0.138. The van der Waals surface area contributed by atoms with E-state index in [1.807, 2.05) is 54.6 Å². The Hall–Kier alpha value is -3.90. The van der Waals surface area contributed by atoms with Gasteiger partial charge in [-0.15, -0.1) is 0 Å². The number of rotatable bonds is 5. The normalized spacial score (nSPS) is 12.5. The Balaban J connectivity index is 1.52. The van der Waals surface area contributed by atoms with Crippen molar-refractivity contribution in [1.82, 2.24) is 10.3 Å². The molecule has 1 N–H and O–H groups in total. The summed E-state index contributed by atoms with van der Waals surface area (Å²) in [5.74, 6) is -0.261. The number of carbonyl (C=O) groups excluding carboxylic acids is 2. The van der Waals surface area contributed by atoms with Gasteiger partial charge >= 0.3 is 0 Å². The quantitative estimate of drug-likeness (QED) is 0.385. The van der Waals surface area contributed by atoms with E-state index in [0.717, 1.165) is 37.7 Å². The van der Waals surface area contributed by atoms with Crippen molar-refractivity contribution in [3.8, 4) is 0 Å². The first-order valence-corrected chi connectivity index (χ1v) is 12.3. The molecule has 1 aliphatic heterocycles. The van der Waals surface area contributed by atoms with E-state index in [-0.39, 0.29) is 11.8 Å². The molecule has 0 atom stereocenters. The Bertz CT molecular complexity index is 1420. The number of anilines is 1. The number of hydrogen-bond acceptors (Lipinski definition) is 4. The lowest BCUT2D eigenvalue weighted by Gasteiger charge is -2.25. The second-order valence-corrected chi connectivity index (χ2v) is 9.73. The van der Waals surface area contributed by atoms with Crippen LogP contribution in [0.1, 0.15) is 43.0 Å². The van der Waals surface area contributed by atoms with Crippen LogP contribution >= 0.6 is 11.8 Å². The van der Waals surface area contributed by atoms with Gasteiger partial charge in [-0.05, 0) is 66.9 Å². The molecule has 1 aliphatic rings. The smallest absolute Gasteiger partial charge is 0.259 e. The Morgan fingerprint density at radius 1 is 0.971 bits per heavy atom. The van der Waals surface area contributed by atoms with E-state index in [1.165, 1.54) is 0 Å². The minimum absolute atomic E-state index is 0.0688. The number of carbonyl (C=O) groups is 2. The summed E-state index contributed by atoms with van der Waals surface area (Å²) in [6, 6.07) is 23.3. The van der Waals surface area contributed by atoms with Crippen LogP contribution in [0.25, 0.3) is 0 Å². The predicted octanol–water partition coefficient (Wildman–Crippen LogP) is 5.94. The zero-order valence-corrected chi connectivity index (χ0v) is 20.4. The standard InChI is InChI=1S/C29H25N3O2S/c1-19-9-10-20(2)23(14-19)18-32-25-15-22(28(33)31-17-21-6-5-13-30-16-21)11-12-27(25)35-26-8-4-3-7-24(26)29(32)34/h3-16H,17-18H2,1-2H3,(H,31,33). The average molecular weight is 480 g/mol. The molecule has 5 nitrogen and oxygen atoms in total. The van der Waals surface area contributed by atoms with Crippen LogP contribution in [-0.2, 0) is 13.1 Å². The predicted molar refractivity (Wildman–Crippen MR) is 139 cm³/mol. The monoisotopic (exact) mass is 479 g/mol. The molecule has 3 aromatic carbocycles. The second kappa shape index (κ2) is 9.76. The lowest BCUT2D eigenvalue weighted by Crippen LogP contribution is -2.31. The van der Waals surface area contributed by atoms with Crippen molar-refractivity contribution >= 4 is 29.3 Å². The van der Waals surface area contributed by atoms with Crippen LogP contribution in [0, 0.1) is 13.8 Å². The number of amides is 2. The molecule has 0 spiro atoms. The van der Waals surface area contributed by atoms with Gasteiger partial charge in [0.25, 0.3) is 11.8 Å². The maximum absolute atomic E-state index is 13.8. The number of aromatic nitrogens is 1. The number of aryl methyl sites for hydroxylation is 2. The maximum Gasteiger partial charge on any atom is 0.259 e. The van der Waals surface area contributed by atoms with Crippen molar-refractivity contribution in [3.05, 3.63) is 119 Å².